The van der Waals surface area contributed by atoms with Crippen LogP contribution in [-0.2, 0) is 0 Å². The van der Waals surface area contributed by atoms with Gasteiger partial charge in [0.2, 0.25) is 0 Å². The molecule has 0 atom stereocenters. The molecule has 0 saturated heterocycles. The highest BCUT2D eigenvalue weighted by molar-refractivity contribution is 5.94. The third-order valence-corrected chi connectivity index (χ3v) is 3.41. The number of aliphatic hydroxyl groups excluding tert-OH is 1. The fraction of sp³-hybridized carbons (Fsp3) is 0.308. The molecular weight excluding hydrogens is 246 g/mol. The summed E-state index contributed by atoms with van der Waals surface area (Å²) in [5, 5.41) is 24.2. The van der Waals surface area contributed by atoms with Crippen molar-refractivity contribution in [1.29, 1.82) is 0 Å². The van der Waals surface area contributed by atoms with Gasteiger partial charge in [-0.05, 0) is 37.1 Å². The van der Waals surface area contributed by atoms with E-state index in [0.29, 0.717) is 29.4 Å². The lowest BCUT2D eigenvalue weighted by atomic mass is 9.89. The van der Waals surface area contributed by atoms with Gasteiger partial charge in [-0.2, -0.15) is 0 Å². The van der Waals surface area contributed by atoms with E-state index in [1.807, 2.05) is 0 Å². The van der Waals surface area contributed by atoms with Gasteiger partial charge in [0.1, 0.15) is 5.69 Å². The number of pyridine rings is 1. The van der Waals surface area contributed by atoms with Crippen LogP contribution in [-0.4, -0.2) is 27.2 Å². The predicted molar refractivity (Wildman–Crippen MR) is 71.0 cm³/mol. The average molecular weight is 259 g/mol. The monoisotopic (exact) mass is 259 g/mol. The van der Waals surface area contributed by atoms with Gasteiger partial charge in [-0.3, -0.25) is 15.1 Å². The molecule has 1 aliphatic rings. The molecule has 2 aromatic rings. The van der Waals surface area contributed by atoms with Crippen LogP contribution < -0.4 is 5.32 Å². The summed E-state index contributed by atoms with van der Waals surface area (Å²) in [4.78, 5) is 15.0. The van der Waals surface area contributed by atoms with Crippen molar-refractivity contribution in [3.05, 3.63) is 40.6 Å². The van der Waals surface area contributed by atoms with E-state index in [0.717, 1.165) is 0 Å². The number of fused-ring (bicyclic) bond motifs is 1. The largest absolute Gasteiger partial charge is 0.393 e. The Kier molecular flexibility index (Phi) is 2.79. The number of hydrogen-bond donors (Lipinski definition) is 2. The van der Waals surface area contributed by atoms with Crippen molar-refractivity contribution in [3.8, 4) is 0 Å². The van der Waals surface area contributed by atoms with Crippen LogP contribution in [0.1, 0.15) is 12.8 Å². The van der Waals surface area contributed by atoms with E-state index in [2.05, 4.69) is 10.3 Å². The highest BCUT2D eigenvalue weighted by atomic mass is 16.6. The number of hydrogen-bond acceptors (Lipinski definition) is 5. The summed E-state index contributed by atoms with van der Waals surface area (Å²) < 4.78 is 0. The number of nitro benzene ring substituents is 1. The molecule has 1 aromatic carbocycles. The minimum Gasteiger partial charge on any atom is -0.393 e. The minimum atomic E-state index is -0.387. The zero-order valence-electron chi connectivity index (χ0n) is 10.1. The van der Waals surface area contributed by atoms with Gasteiger partial charge >= 0.3 is 5.69 Å². The molecule has 1 aromatic heterocycles. The van der Waals surface area contributed by atoms with Crippen LogP contribution in [0.4, 0.5) is 11.4 Å². The number of benzene rings is 1. The van der Waals surface area contributed by atoms with Crippen LogP contribution in [0.2, 0.25) is 0 Å². The molecule has 2 N–H and O–H groups in total. The molecule has 98 valence electrons. The first-order valence-corrected chi connectivity index (χ1v) is 6.12. The molecule has 6 heteroatoms. The first-order chi connectivity index (χ1) is 9.15. The molecule has 6 nitrogen and oxygen atoms in total. The Morgan fingerprint density at radius 3 is 2.84 bits per heavy atom. The Morgan fingerprint density at radius 2 is 2.16 bits per heavy atom. The van der Waals surface area contributed by atoms with Gasteiger partial charge < -0.3 is 10.4 Å². The van der Waals surface area contributed by atoms with E-state index in [-0.39, 0.29) is 22.8 Å². The molecule has 1 aliphatic carbocycles. The number of aliphatic hydroxyl groups is 1. The summed E-state index contributed by atoms with van der Waals surface area (Å²) in [7, 11) is 0. The van der Waals surface area contributed by atoms with Crippen molar-refractivity contribution >= 4 is 22.3 Å². The van der Waals surface area contributed by atoms with Crippen molar-refractivity contribution in [3.63, 3.8) is 0 Å². The summed E-state index contributed by atoms with van der Waals surface area (Å²) in [6.07, 6.45) is 2.57. The molecule has 1 fully saturated rings. The Bertz CT molecular complexity index is 638. The maximum Gasteiger partial charge on any atom is 0.301 e. The summed E-state index contributed by atoms with van der Waals surface area (Å²) in [5.74, 6) is 0. The third-order valence-electron chi connectivity index (χ3n) is 3.41. The Hall–Kier alpha value is -2.21. The van der Waals surface area contributed by atoms with E-state index >= 15 is 0 Å². The molecule has 0 radical (unpaired) electrons. The van der Waals surface area contributed by atoms with E-state index in [1.54, 1.807) is 30.5 Å². The molecule has 0 spiro atoms. The summed E-state index contributed by atoms with van der Waals surface area (Å²) in [5.41, 5.74) is 1.14. The summed E-state index contributed by atoms with van der Waals surface area (Å²) in [6.45, 7) is 0. The normalized spacial score (nSPS) is 21.9. The first-order valence-electron chi connectivity index (χ1n) is 6.12. The zero-order chi connectivity index (χ0) is 13.4. The number of anilines is 1. The van der Waals surface area contributed by atoms with E-state index in [9.17, 15) is 15.2 Å². The van der Waals surface area contributed by atoms with Crippen molar-refractivity contribution in [2.75, 3.05) is 5.32 Å². The lowest BCUT2D eigenvalue weighted by molar-refractivity contribution is -0.382. The molecule has 19 heavy (non-hydrogen) atoms. The molecule has 0 amide bonds. The fourth-order valence-electron chi connectivity index (χ4n) is 2.38. The van der Waals surface area contributed by atoms with Crippen molar-refractivity contribution in [2.24, 2.45) is 0 Å². The van der Waals surface area contributed by atoms with Gasteiger partial charge in [0.15, 0.2) is 0 Å². The number of nitrogens with one attached hydrogen (secondary N) is 1. The number of nitrogens with zero attached hydrogens (tertiary/aromatic N) is 2. The Balaban J connectivity index is 2.03. The van der Waals surface area contributed by atoms with Gasteiger partial charge in [-0.15, -0.1) is 0 Å². The van der Waals surface area contributed by atoms with Gasteiger partial charge in [-0.1, -0.05) is 0 Å². The van der Waals surface area contributed by atoms with Crippen molar-refractivity contribution in [1.82, 2.24) is 4.98 Å². The van der Waals surface area contributed by atoms with E-state index in [1.165, 1.54) is 0 Å². The molecule has 3 rings (SSSR count). The maximum atomic E-state index is 11.3. The molecule has 1 heterocycles. The smallest absolute Gasteiger partial charge is 0.301 e. The Morgan fingerprint density at radius 1 is 1.37 bits per heavy atom. The summed E-state index contributed by atoms with van der Waals surface area (Å²) in [6, 6.07) is 6.92. The molecule has 1 saturated carbocycles. The van der Waals surface area contributed by atoms with Crippen LogP contribution in [0.25, 0.3) is 10.9 Å². The van der Waals surface area contributed by atoms with Gasteiger partial charge in [0.25, 0.3) is 0 Å². The lowest BCUT2D eigenvalue weighted by Gasteiger charge is -2.32. The van der Waals surface area contributed by atoms with E-state index in [4.69, 9.17) is 0 Å². The highest BCUT2D eigenvalue weighted by Crippen LogP contribution is 2.35. The van der Waals surface area contributed by atoms with E-state index < -0.39 is 0 Å². The quantitative estimate of drug-likeness (QED) is 0.650. The maximum absolute atomic E-state index is 11.3. The van der Waals surface area contributed by atoms with Gasteiger partial charge in [0, 0.05) is 12.2 Å². The van der Waals surface area contributed by atoms with Gasteiger partial charge in [0.05, 0.1) is 21.9 Å². The number of rotatable bonds is 3. The Labute approximate surface area is 109 Å². The average Bonchev–Trinajstić information content (AvgIpc) is 2.36. The zero-order valence-corrected chi connectivity index (χ0v) is 10.1. The molecule has 0 aliphatic heterocycles. The molecular formula is C13H13N3O3. The van der Waals surface area contributed by atoms with Gasteiger partial charge in [-0.25, -0.2) is 0 Å². The second-order valence-corrected chi connectivity index (χ2v) is 4.76. The second-order valence-electron chi connectivity index (χ2n) is 4.76. The highest BCUT2D eigenvalue weighted by Gasteiger charge is 2.29. The predicted octanol–water partition coefficient (Wildman–Crippen LogP) is 2.08. The lowest BCUT2D eigenvalue weighted by Crippen LogP contribution is -2.39. The third kappa shape index (κ3) is 2.10. The van der Waals surface area contributed by atoms with Crippen LogP contribution in [0.15, 0.2) is 30.5 Å². The van der Waals surface area contributed by atoms with Crippen molar-refractivity contribution in [2.45, 2.75) is 25.0 Å². The standard InChI is InChI=1S/C13H13N3O3/c17-9-6-8(7-9)15-12-4-3-11-10(2-1-5-14-11)13(12)16(18)19/h1-5,8-9,15,17H,6-7H2. The second kappa shape index (κ2) is 4.47. The van der Waals surface area contributed by atoms with Crippen LogP contribution >= 0.6 is 0 Å². The molecule has 0 bridgehead atoms. The number of nitro groups is 1. The summed E-state index contributed by atoms with van der Waals surface area (Å²) >= 11 is 0. The first kappa shape index (κ1) is 11.9. The van der Waals surface area contributed by atoms with Crippen molar-refractivity contribution < 1.29 is 10.0 Å². The fourth-order valence-corrected chi connectivity index (χ4v) is 2.38. The SMILES string of the molecule is O=[N+]([O-])c1c(NC2CC(O)C2)ccc2ncccc12. The molecule has 0 unspecified atom stereocenters. The van der Waals surface area contributed by atoms with Crippen LogP contribution in [0.3, 0.4) is 0 Å². The van der Waals surface area contributed by atoms with Crippen LogP contribution in [0, 0.1) is 10.1 Å². The topological polar surface area (TPSA) is 88.3 Å². The minimum absolute atomic E-state index is 0.0481. The van der Waals surface area contributed by atoms with Crippen LogP contribution in [0.5, 0.6) is 0 Å². The number of aromatic nitrogens is 1.